The molecule has 0 unspecified atom stereocenters. The minimum absolute atomic E-state index is 0.0722. The van der Waals surface area contributed by atoms with Crippen LogP contribution in [-0.2, 0) is 0 Å². The third kappa shape index (κ3) is 2.37. The summed E-state index contributed by atoms with van der Waals surface area (Å²) in [4.78, 5) is 11.9. The van der Waals surface area contributed by atoms with Gasteiger partial charge in [0.05, 0.1) is 12.5 Å². The van der Waals surface area contributed by atoms with Crippen LogP contribution in [0.25, 0.3) is 5.69 Å². The fraction of sp³-hybridized carbons (Fsp3) is 0.294. The first-order chi connectivity index (χ1) is 9.45. The van der Waals surface area contributed by atoms with Crippen LogP contribution in [-0.4, -0.2) is 10.4 Å². The average Bonchev–Trinajstić information content (AvgIpc) is 2.69. The highest BCUT2D eigenvalue weighted by atomic mass is 16.1. The molecule has 0 bridgehead atoms. The summed E-state index contributed by atoms with van der Waals surface area (Å²) in [7, 11) is 0. The predicted molar refractivity (Wildman–Crippen MR) is 79.3 cm³/mol. The fourth-order valence-electron chi connectivity index (χ4n) is 2.47. The maximum Gasteiger partial charge on any atom is 0.178 e. The van der Waals surface area contributed by atoms with Crippen molar-refractivity contribution in [3.63, 3.8) is 0 Å². The van der Waals surface area contributed by atoms with Crippen molar-refractivity contribution < 1.29 is 4.79 Å². The van der Waals surface area contributed by atoms with Gasteiger partial charge in [0.1, 0.15) is 0 Å². The molecule has 0 spiro atoms. The van der Waals surface area contributed by atoms with E-state index in [2.05, 4.69) is 36.6 Å². The van der Waals surface area contributed by atoms with E-state index in [9.17, 15) is 4.79 Å². The zero-order chi connectivity index (χ0) is 14.9. The van der Waals surface area contributed by atoms with E-state index < -0.39 is 0 Å². The summed E-state index contributed by atoms with van der Waals surface area (Å²) in [5, 5.41) is 8.67. The third-order valence-electron chi connectivity index (χ3n) is 3.72. The predicted octanol–water partition coefficient (Wildman–Crippen LogP) is 3.81. The molecule has 0 saturated heterocycles. The van der Waals surface area contributed by atoms with Crippen LogP contribution in [0.5, 0.6) is 0 Å². The molecular weight excluding hydrogens is 248 g/mol. The second-order valence-corrected chi connectivity index (χ2v) is 5.15. The standard InChI is InChI=1S/C17H18N2O/c1-11-5-6-15(9-12(11)2)19-13(3)10-16(14(19)4)17(20)7-8-18/h5-6,9-10H,7H2,1-4H3. The number of nitrogens with zero attached hydrogens (tertiary/aromatic N) is 2. The van der Waals surface area contributed by atoms with Crippen LogP contribution in [0.15, 0.2) is 24.3 Å². The largest absolute Gasteiger partial charge is 0.318 e. The molecule has 0 aliphatic rings. The number of nitriles is 1. The van der Waals surface area contributed by atoms with E-state index in [1.165, 1.54) is 11.1 Å². The van der Waals surface area contributed by atoms with Crippen LogP contribution in [0.4, 0.5) is 0 Å². The Kier molecular flexibility index (Phi) is 3.76. The number of Topliss-reactive ketones (excluding diaryl/α,β-unsaturated/α-hetero) is 1. The number of carbonyl (C=O) groups excluding carboxylic acids is 1. The lowest BCUT2D eigenvalue weighted by molar-refractivity contribution is 0.0997. The summed E-state index contributed by atoms with van der Waals surface area (Å²) in [6, 6.07) is 10.0. The molecule has 2 aromatic rings. The van der Waals surface area contributed by atoms with E-state index in [-0.39, 0.29) is 12.2 Å². The summed E-state index contributed by atoms with van der Waals surface area (Å²) in [6.07, 6.45) is -0.0722. The molecule has 0 N–H and O–H groups in total. The van der Waals surface area contributed by atoms with Crippen molar-refractivity contribution in [1.29, 1.82) is 5.26 Å². The average molecular weight is 266 g/mol. The number of carbonyl (C=O) groups is 1. The van der Waals surface area contributed by atoms with Crippen LogP contribution in [0.3, 0.4) is 0 Å². The lowest BCUT2D eigenvalue weighted by Crippen LogP contribution is -2.03. The Labute approximate surface area is 119 Å². The first kappa shape index (κ1) is 14.1. The van der Waals surface area contributed by atoms with Crippen molar-refractivity contribution in [2.75, 3.05) is 0 Å². The Morgan fingerprint density at radius 1 is 1.15 bits per heavy atom. The molecule has 1 aromatic carbocycles. The summed E-state index contributed by atoms with van der Waals surface area (Å²) in [5.41, 5.74) is 6.07. The monoisotopic (exact) mass is 266 g/mol. The molecule has 0 aliphatic heterocycles. The smallest absolute Gasteiger partial charge is 0.178 e. The first-order valence-electron chi connectivity index (χ1n) is 6.62. The van der Waals surface area contributed by atoms with Gasteiger partial charge in [-0.3, -0.25) is 4.79 Å². The van der Waals surface area contributed by atoms with E-state index in [1.807, 2.05) is 26.0 Å². The molecule has 0 aliphatic carbocycles. The molecule has 3 nitrogen and oxygen atoms in total. The molecule has 20 heavy (non-hydrogen) atoms. The Morgan fingerprint density at radius 2 is 1.85 bits per heavy atom. The van der Waals surface area contributed by atoms with Gasteiger partial charge < -0.3 is 4.57 Å². The van der Waals surface area contributed by atoms with Crippen LogP contribution >= 0.6 is 0 Å². The minimum atomic E-state index is -0.115. The zero-order valence-electron chi connectivity index (χ0n) is 12.3. The summed E-state index contributed by atoms with van der Waals surface area (Å²) in [5.74, 6) is -0.115. The van der Waals surface area contributed by atoms with Crippen molar-refractivity contribution in [2.24, 2.45) is 0 Å². The van der Waals surface area contributed by atoms with E-state index in [0.29, 0.717) is 5.56 Å². The van der Waals surface area contributed by atoms with Gasteiger partial charge in [-0.2, -0.15) is 5.26 Å². The van der Waals surface area contributed by atoms with Gasteiger partial charge in [0.25, 0.3) is 0 Å². The van der Waals surface area contributed by atoms with Crippen molar-refractivity contribution >= 4 is 5.78 Å². The lowest BCUT2D eigenvalue weighted by atomic mass is 10.1. The van der Waals surface area contributed by atoms with Gasteiger partial charge in [-0.25, -0.2) is 0 Å². The molecule has 0 amide bonds. The molecule has 2 rings (SSSR count). The highest BCUT2D eigenvalue weighted by Gasteiger charge is 2.16. The molecule has 3 heteroatoms. The Balaban J connectivity index is 2.55. The van der Waals surface area contributed by atoms with Gasteiger partial charge in [-0.1, -0.05) is 6.07 Å². The third-order valence-corrected chi connectivity index (χ3v) is 3.72. The minimum Gasteiger partial charge on any atom is -0.318 e. The number of aryl methyl sites for hydroxylation is 3. The maximum atomic E-state index is 11.9. The van der Waals surface area contributed by atoms with Crippen molar-refractivity contribution in [3.8, 4) is 11.8 Å². The highest BCUT2D eigenvalue weighted by molar-refractivity contribution is 5.98. The molecule has 0 atom stereocenters. The van der Waals surface area contributed by atoms with E-state index in [0.717, 1.165) is 17.1 Å². The second kappa shape index (κ2) is 5.34. The van der Waals surface area contributed by atoms with Crippen molar-refractivity contribution in [3.05, 3.63) is 52.3 Å². The van der Waals surface area contributed by atoms with Crippen LogP contribution in [0.1, 0.15) is 39.3 Å². The second-order valence-electron chi connectivity index (χ2n) is 5.15. The summed E-state index contributed by atoms with van der Waals surface area (Å²) < 4.78 is 2.07. The SMILES string of the molecule is Cc1ccc(-n2c(C)cc(C(=O)CC#N)c2C)cc1C. The first-order valence-corrected chi connectivity index (χ1v) is 6.62. The maximum absolute atomic E-state index is 11.9. The van der Waals surface area contributed by atoms with Gasteiger partial charge in [-0.15, -0.1) is 0 Å². The molecule has 0 fully saturated rings. The molecular formula is C17H18N2O. The van der Waals surface area contributed by atoms with Gasteiger partial charge >= 0.3 is 0 Å². The number of aromatic nitrogens is 1. The number of benzene rings is 1. The number of rotatable bonds is 3. The summed E-state index contributed by atoms with van der Waals surface area (Å²) >= 11 is 0. The highest BCUT2D eigenvalue weighted by Crippen LogP contribution is 2.23. The van der Waals surface area contributed by atoms with Gasteiger partial charge in [-0.05, 0) is 57.0 Å². The topological polar surface area (TPSA) is 45.8 Å². The molecule has 0 radical (unpaired) electrons. The van der Waals surface area contributed by atoms with Crippen molar-refractivity contribution in [1.82, 2.24) is 4.57 Å². The quantitative estimate of drug-likeness (QED) is 0.793. The lowest BCUT2D eigenvalue weighted by Gasteiger charge is -2.11. The molecule has 1 aromatic heterocycles. The Hall–Kier alpha value is -2.34. The van der Waals surface area contributed by atoms with E-state index in [4.69, 9.17) is 5.26 Å². The van der Waals surface area contributed by atoms with Crippen LogP contribution in [0, 0.1) is 39.0 Å². The fourth-order valence-corrected chi connectivity index (χ4v) is 2.47. The number of hydrogen-bond acceptors (Lipinski definition) is 2. The van der Waals surface area contributed by atoms with E-state index >= 15 is 0 Å². The van der Waals surface area contributed by atoms with Crippen molar-refractivity contribution in [2.45, 2.75) is 34.1 Å². The van der Waals surface area contributed by atoms with Crippen LogP contribution in [0.2, 0.25) is 0 Å². The molecule has 0 saturated carbocycles. The van der Waals surface area contributed by atoms with Crippen LogP contribution < -0.4 is 0 Å². The Morgan fingerprint density at radius 3 is 2.45 bits per heavy atom. The summed E-state index contributed by atoms with van der Waals surface area (Å²) in [6.45, 7) is 8.06. The number of hydrogen-bond donors (Lipinski definition) is 0. The van der Waals surface area contributed by atoms with Gasteiger partial charge in [0, 0.05) is 22.6 Å². The Bertz CT molecular complexity index is 717. The van der Waals surface area contributed by atoms with E-state index in [1.54, 1.807) is 0 Å². The van der Waals surface area contributed by atoms with Gasteiger partial charge in [0.2, 0.25) is 0 Å². The number of ketones is 1. The normalized spacial score (nSPS) is 10.3. The molecule has 102 valence electrons. The molecule has 1 heterocycles. The zero-order valence-corrected chi connectivity index (χ0v) is 12.3. The van der Waals surface area contributed by atoms with Gasteiger partial charge in [0.15, 0.2) is 5.78 Å².